The molecular weight excluding hydrogens is 400 g/mol. The van der Waals surface area contributed by atoms with Gasteiger partial charge in [-0.2, -0.15) is 0 Å². The summed E-state index contributed by atoms with van der Waals surface area (Å²) in [6.45, 7) is 2.24. The Morgan fingerprint density at radius 1 is 0.897 bits per heavy atom. The molecule has 0 spiro atoms. The summed E-state index contributed by atoms with van der Waals surface area (Å²) < 4.78 is 0. The van der Waals surface area contributed by atoms with E-state index in [0.717, 1.165) is 29.6 Å². The van der Waals surface area contributed by atoms with Gasteiger partial charge in [0.15, 0.2) is 0 Å². The average molecular weight is 423 g/mol. The second kappa shape index (κ2) is 9.38. The number of hydrogen-bond donors (Lipinski definition) is 1. The largest absolute Gasteiger partial charge is 0.372 e. The van der Waals surface area contributed by atoms with Crippen LogP contribution in [0.5, 0.6) is 0 Å². The van der Waals surface area contributed by atoms with Crippen LogP contribution < -0.4 is 10.2 Å². The number of benzene rings is 3. The number of rotatable bonds is 6. The third-order valence-electron chi connectivity index (χ3n) is 5.03. The molecule has 0 radical (unpaired) electrons. The molecule has 1 amide bonds. The molecule has 148 valence electrons. The first-order valence-electron chi connectivity index (χ1n) is 9.81. The number of anilines is 2. The average Bonchev–Trinajstić information content (AvgIpc) is 3.29. The molecule has 29 heavy (non-hydrogen) atoms. The van der Waals surface area contributed by atoms with Gasteiger partial charge in [0.25, 0.3) is 5.91 Å². The van der Waals surface area contributed by atoms with Crippen molar-refractivity contribution in [1.82, 2.24) is 0 Å². The molecule has 1 aliphatic rings. The van der Waals surface area contributed by atoms with Gasteiger partial charge in [-0.05, 0) is 79.1 Å². The lowest BCUT2D eigenvalue weighted by molar-refractivity contribution is 0.102. The molecule has 4 rings (SSSR count). The summed E-state index contributed by atoms with van der Waals surface area (Å²) in [4.78, 5) is 16.1. The molecule has 0 aromatic heterocycles. The second-order valence-corrected chi connectivity index (χ2v) is 8.62. The monoisotopic (exact) mass is 422 g/mol. The van der Waals surface area contributed by atoms with Gasteiger partial charge < -0.3 is 10.2 Å². The van der Waals surface area contributed by atoms with Crippen LogP contribution in [0, 0.1) is 0 Å². The van der Waals surface area contributed by atoms with Crippen LogP contribution in [0.2, 0.25) is 5.02 Å². The number of nitrogens with one attached hydrogen (secondary N) is 1. The highest BCUT2D eigenvalue weighted by Crippen LogP contribution is 2.25. The molecule has 1 aliphatic heterocycles. The van der Waals surface area contributed by atoms with Crippen molar-refractivity contribution in [3.05, 3.63) is 88.9 Å². The van der Waals surface area contributed by atoms with E-state index in [-0.39, 0.29) is 5.91 Å². The molecule has 1 heterocycles. The molecule has 3 nitrogen and oxygen atoms in total. The summed E-state index contributed by atoms with van der Waals surface area (Å²) in [7, 11) is 0. The van der Waals surface area contributed by atoms with Crippen LogP contribution in [0.25, 0.3) is 0 Å². The standard InChI is InChI=1S/C24H23ClN2OS/c25-20-7-13-23(14-8-20)29-17-18-3-5-19(6-4-18)24(28)26-21-9-11-22(12-10-21)27-15-1-2-16-27/h3-14H,1-2,15-17H2,(H,26,28). The zero-order valence-electron chi connectivity index (χ0n) is 16.1. The van der Waals surface area contributed by atoms with Gasteiger partial charge in [0.2, 0.25) is 0 Å². The third kappa shape index (κ3) is 5.34. The van der Waals surface area contributed by atoms with Gasteiger partial charge in [-0.3, -0.25) is 4.79 Å². The van der Waals surface area contributed by atoms with Crippen LogP contribution in [-0.4, -0.2) is 19.0 Å². The minimum absolute atomic E-state index is 0.0872. The van der Waals surface area contributed by atoms with Crippen molar-refractivity contribution >= 4 is 40.6 Å². The Hall–Kier alpha value is -2.43. The van der Waals surface area contributed by atoms with E-state index >= 15 is 0 Å². The molecule has 1 N–H and O–H groups in total. The molecule has 0 aliphatic carbocycles. The molecule has 5 heteroatoms. The highest BCUT2D eigenvalue weighted by atomic mass is 35.5. The van der Waals surface area contributed by atoms with E-state index in [0.29, 0.717) is 5.56 Å². The highest BCUT2D eigenvalue weighted by Gasteiger charge is 2.12. The van der Waals surface area contributed by atoms with E-state index in [1.54, 1.807) is 11.8 Å². The van der Waals surface area contributed by atoms with E-state index in [4.69, 9.17) is 11.6 Å². The van der Waals surface area contributed by atoms with Crippen LogP contribution >= 0.6 is 23.4 Å². The first kappa shape index (κ1) is 19.9. The molecule has 3 aromatic rings. The van der Waals surface area contributed by atoms with E-state index in [1.165, 1.54) is 29.0 Å². The maximum Gasteiger partial charge on any atom is 0.255 e. The van der Waals surface area contributed by atoms with E-state index in [9.17, 15) is 4.79 Å². The number of carbonyl (C=O) groups excluding carboxylic acids is 1. The zero-order chi connectivity index (χ0) is 20.1. The van der Waals surface area contributed by atoms with E-state index in [1.807, 2.05) is 60.7 Å². The number of carbonyl (C=O) groups is 1. The van der Waals surface area contributed by atoms with Gasteiger partial charge in [-0.1, -0.05) is 23.7 Å². The summed E-state index contributed by atoms with van der Waals surface area (Å²) in [5, 5.41) is 3.73. The molecule has 1 fully saturated rings. The summed E-state index contributed by atoms with van der Waals surface area (Å²) >= 11 is 7.67. The number of hydrogen-bond acceptors (Lipinski definition) is 3. The lowest BCUT2D eigenvalue weighted by Crippen LogP contribution is -2.17. The van der Waals surface area contributed by atoms with Crippen molar-refractivity contribution in [3.8, 4) is 0 Å². The van der Waals surface area contributed by atoms with Crippen LogP contribution in [0.15, 0.2) is 77.7 Å². The van der Waals surface area contributed by atoms with Gasteiger partial charge in [0.05, 0.1) is 0 Å². The number of amides is 1. The Labute approximate surface area is 181 Å². The van der Waals surface area contributed by atoms with Gasteiger partial charge in [0, 0.05) is 45.7 Å². The quantitative estimate of drug-likeness (QED) is 0.461. The first-order chi connectivity index (χ1) is 14.2. The number of thioether (sulfide) groups is 1. The Kier molecular flexibility index (Phi) is 6.43. The predicted molar refractivity (Wildman–Crippen MR) is 123 cm³/mol. The third-order valence-corrected chi connectivity index (χ3v) is 6.37. The lowest BCUT2D eigenvalue weighted by atomic mass is 10.1. The topological polar surface area (TPSA) is 32.3 Å². The van der Waals surface area contributed by atoms with Crippen molar-refractivity contribution < 1.29 is 4.79 Å². The molecule has 0 bridgehead atoms. The number of nitrogens with zero attached hydrogens (tertiary/aromatic N) is 1. The van der Waals surface area contributed by atoms with Crippen molar-refractivity contribution in [3.63, 3.8) is 0 Å². The smallest absolute Gasteiger partial charge is 0.255 e. The molecule has 1 saturated heterocycles. The first-order valence-corrected chi connectivity index (χ1v) is 11.2. The maximum atomic E-state index is 12.5. The van der Waals surface area contributed by atoms with Crippen LogP contribution in [0.3, 0.4) is 0 Å². The van der Waals surface area contributed by atoms with Gasteiger partial charge in [-0.15, -0.1) is 11.8 Å². The fourth-order valence-corrected chi connectivity index (χ4v) is 4.36. The Morgan fingerprint density at radius 2 is 1.55 bits per heavy atom. The van der Waals surface area contributed by atoms with Crippen LogP contribution in [0.1, 0.15) is 28.8 Å². The van der Waals surface area contributed by atoms with Crippen LogP contribution in [-0.2, 0) is 5.75 Å². The molecule has 0 atom stereocenters. The van der Waals surface area contributed by atoms with Crippen LogP contribution in [0.4, 0.5) is 11.4 Å². The summed E-state index contributed by atoms with van der Waals surface area (Å²) in [6, 6.07) is 23.7. The summed E-state index contributed by atoms with van der Waals surface area (Å²) in [6.07, 6.45) is 2.51. The van der Waals surface area contributed by atoms with E-state index < -0.39 is 0 Å². The Bertz CT molecular complexity index is 950. The fraction of sp³-hybridized carbons (Fsp3) is 0.208. The van der Waals surface area contributed by atoms with Crippen molar-refractivity contribution in [1.29, 1.82) is 0 Å². The van der Waals surface area contributed by atoms with Crippen molar-refractivity contribution in [2.24, 2.45) is 0 Å². The van der Waals surface area contributed by atoms with Crippen molar-refractivity contribution in [2.75, 3.05) is 23.3 Å². The molecular formula is C24H23ClN2OS. The SMILES string of the molecule is O=C(Nc1ccc(N2CCCC2)cc1)c1ccc(CSc2ccc(Cl)cc2)cc1. The Balaban J connectivity index is 1.32. The second-order valence-electron chi connectivity index (χ2n) is 7.13. The number of halogens is 1. The zero-order valence-corrected chi connectivity index (χ0v) is 17.7. The normalized spacial score (nSPS) is 13.5. The maximum absolute atomic E-state index is 12.5. The van der Waals surface area contributed by atoms with Gasteiger partial charge in [-0.25, -0.2) is 0 Å². The van der Waals surface area contributed by atoms with E-state index in [2.05, 4.69) is 22.3 Å². The van der Waals surface area contributed by atoms with Gasteiger partial charge in [0.1, 0.15) is 0 Å². The molecule has 0 unspecified atom stereocenters. The lowest BCUT2D eigenvalue weighted by Gasteiger charge is -2.17. The van der Waals surface area contributed by atoms with Gasteiger partial charge >= 0.3 is 0 Å². The minimum atomic E-state index is -0.0872. The molecule has 0 saturated carbocycles. The predicted octanol–water partition coefficient (Wildman–Crippen LogP) is 6.48. The fourth-order valence-electron chi connectivity index (χ4n) is 3.38. The minimum Gasteiger partial charge on any atom is -0.372 e. The Morgan fingerprint density at radius 3 is 2.21 bits per heavy atom. The van der Waals surface area contributed by atoms with Crippen molar-refractivity contribution in [2.45, 2.75) is 23.5 Å². The molecule has 3 aromatic carbocycles. The highest BCUT2D eigenvalue weighted by molar-refractivity contribution is 7.98. The summed E-state index contributed by atoms with van der Waals surface area (Å²) in [5.41, 5.74) is 3.88. The summed E-state index contributed by atoms with van der Waals surface area (Å²) in [5.74, 6) is 0.762.